The van der Waals surface area contributed by atoms with Gasteiger partial charge in [0.2, 0.25) is 0 Å². The maximum atomic E-state index is 9.51. The lowest BCUT2D eigenvalue weighted by Crippen LogP contribution is -2.43. The number of hydrogen-bond donors (Lipinski definition) is 3. The van der Waals surface area contributed by atoms with Crippen LogP contribution in [0, 0.1) is 5.92 Å². The van der Waals surface area contributed by atoms with Gasteiger partial charge in [-0.2, -0.15) is 0 Å². The van der Waals surface area contributed by atoms with Gasteiger partial charge in [-0.1, -0.05) is 0 Å². The molecule has 0 amide bonds. The summed E-state index contributed by atoms with van der Waals surface area (Å²) in [5, 5.41) is 21.5. The van der Waals surface area contributed by atoms with Crippen LogP contribution in [0.4, 0.5) is 0 Å². The van der Waals surface area contributed by atoms with Crippen molar-refractivity contribution in [3.8, 4) is 0 Å². The smallest absolute Gasteiger partial charge is 0.0972 e. The van der Waals surface area contributed by atoms with Gasteiger partial charge in [-0.3, -0.25) is 0 Å². The third-order valence-corrected chi connectivity index (χ3v) is 2.53. The summed E-state index contributed by atoms with van der Waals surface area (Å²) < 4.78 is 5.34. The standard InChI is InChI=1S/C10H21NO3/c1-10(13,8-12)7-11-5-9-3-2-4-14-6-9/h9,11-13H,2-8H2,1H3. The van der Waals surface area contributed by atoms with Gasteiger partial charge < -0.3 is 20.3 Å². The molecule has 4 heteroatoms. The van der Waals surface area contributed by atoms with Gasteiger partial charge in [0, 0.05) is 19.7 Å². The van der Waals surface area contributed by atoms with Gasteiger partial charge in [0.15, 0.2) is 0 Å². The number of aliphatic hydroxyl groups is 2. The molecule has 0 aromatic rings. The van der Waals surface area contributed by atoms with Gasteiger partial charge in [0.05, 0.1) is 18.8 Å². The zero-order valence-electron chi connectivity index (χ0n) is 8.83. The molecule has 3 N–H and O–H groups in total. The average molecular weight is 203 g/mol. The molecular weight excluding hydrogens is 182 g/mol. The van der Waals surface area contributed by atoms with Gasteiger partial charge in [-0.15, -0.1) is 0 Å². The van der Waals surface area contributed by atoms with Crippen molar-refractivity contribution in [1.82, 2.24) is 5.32 Å². The number of nitrogens with one attached hydrogen (secondary N) is 1. The second-order valence-corrected chi connectivity index (χ2v) is 4.37. The van der Waals surface area contributed by atoms with Gasteiger partial charge in [0.1, 0.15) is 0 Å². The van der Waals surface area contributed by atoms with Crippen molar-refractivity contribution in [2.45, 2.75) is 25.4 Å². The molecule has 1 fully saturated rings. The van der Waals surface area contributed by atoms with Crippen LogP contribution in [0.15, 0.2) is 0 Å². The van der Waals surface area contributed by atoms with Crippen LogP contribution in [0.1, 0.15) is 19.8 Å². The number of rotatable bonds is 5. The summed E-state index contributed by atoms with van der Waals surface area (Å²) in [6.07, 6.45) is 2.32. The molecule has 0 spiro atoms. The largest absolute Gasteiger partial charge is 0.393 e. The number of aliphatic hydroxyl groups excluding tert-OH is 1. The Morgan fingerprint density at radius 2 is 2.36 bits per heavy atom. The first-order valence-corrected chi connectivity index (χ1v) is 5.26. The van der Waals surface area contributed by atoms with Crippen molar-refractivity contribution < 1.29 is 14.9 Å². The second kappa shape index (κ2) is 5.66. The molecule has 2 atom stereocenters. The van der Waals surface area contributed by atoms with E-state index in [0.717, 1.165) is 26.2 Å². The van der Waals surface area contributed by atoms with Gasteiger partial charge in [0.25, 0.3) is 0 Å². The van der Waals surface area contributed by atoms with E-state index >= 15 is 0 Å². The molecule has 0 saturated carbocycles. The monoisotopic (exact) mass is 203 g/mol. The van der Waals surface area contributed by atoms with Crippen molar-refractivity contribution >= 4 is 0 Å². The Bertz CT molecular complexity index is 155. The Hall–Kier alpha value is -0.160. The molecule has 1 rings (SSSR count). The topological polar surface area (TPSA) is 61.7 Å². The van der Waals surface area contributed by atoms with Crippen LogP contribution in [0.2, 0.25) is 0 Å². The Morgan fingerprint density at radius 1 is 1.57 bits per heavy atom. The molecule has 0 aromatic carbocycles. The van der Waals surface area contributed by atoms with E-state index in [1.807, 2.05) is 0 Å². The minimum Gasteiger partial charge on any atom is -0.393 e. The van der Waals surface area contributed by atoms with Crippen LogP contribution < -0.4 is 5.32 Å². The first-order chi connectivity index (χ1) is 6.64. The fourth-order valence-electron chi connectivity index (χ4n) is 1.57. The Labute approximate surface area is 85.3 Å². The highest BCUT2D eigenvalue weighted by molar-refractivity contribution is 4.75. The quantitative estimate of drug-likeness (QED) is 0.576. The lowest BCUT2D eigenvalue weighted by molar-refractivity contribution is -0.000672. The van der Waals surface area contributed by atoms with E-state index in [1.54, 1.807) is 6.92 Å². The molecule has 2 unspecified atom stereocenters. The van der Waals surface area contributed by atoms with Crippen molar-refractivity contribution in [2.24, 2.45) is 5.92 Å². The predicted octanol–water partition coefficient (Wildman–Crippen LogP) is -0.254. The summed E-state index contributed by atoms with van der Waals surface area (Å²) in [4.78, 5) is 0. The normalized spacial score (nSPS) is 27.2. The third-order valence-electron chi connectivity index (χ3n) is 2.53. The first kappa shape index (κ1) is 11.9. The van der Waals surface area contributed by atoms with Crippen LogP contribution in [-0.4, -0.2) is 48.7 Å². The van der Waals surface area contributed by atoms with E-state index < -0.39 is 5.60 Å². The van der Waals surface area contributed by atoms with Crippen LogP contribution in [-0.2, 0) is 4.74 Å². The molecule has 0 radical (unpaired) electrons. The zero-order valence-corrected chi connectivity index (χ0v) is 8.83. The van der Waals surface area contributed by atoms with Crippen LogP contribution in [0.3, 0.4) is 0 Å². The molecule has 1 saturated heterocycles. The molecule has 1 aliphatic rings. The molecule has 14 heavy (non-hydrogen) atoms. The fraction of sp³-hybridized carbons (Fsp3) is 1.00. The van der Waals surface area contributed by atoms with Crippen LogP contribution in [0.25, 0.3) is 0 Å². The lowest BCUT2D eigenvalue weighted by atomic mass is 10.0. The van der Waals surface area contributed by atoms with E-state index in [2.05, 4.69) is 5.32 Å². The maximum Gasteiger partial charge on any atom is 0.0972 e. The fourth-order valence-corrected chi connectivity index (χ4v) is 1.57. The zero-order chi connectivity index (χ0) is 10.4. The minimum absolute atomic E-state index is 0.207. The second-order valence-electron chi connectivity index (χ2n) is 4.37. The number of ether oxygens (including phenoxy) is 1. The van der Waals surface area contributed by atoms with Crippen LogP contribution in [0.5, 0.6) is 0 Å². The van der Waals surface area contributed by atoms with E-state index in [9.17, 15) is 5.11 Å². The molecule has 0 bridgehead atoms. The minimum atomic E-state index is -1.00. The van der Waals surface area contributed by atoms with E-state index in [1.165, 1.54) is 6.42 Å². The highest BCUT2D eigenvalue weighted by Gasteiger charge is 2.19. The van der Waals surface area contributed by atoms with E-state index in [0.29, 0.717) is 12.5 Å². The maximum absolute atomic E-state index is 9.51. The molecule has 1 heterocycles. The van der Waals surface area contributed by atoms with E-state index in [-0.39, 0.29) is 6.61 Å². The third kappa shape index (κ3) is 4.37. The Balaban J connectivity index is 2.08. The summed E-state index contributed by atoms with van der Waals surface area (Å²) in [6.45, 7) is 4.40. The van der Waals surface area contributed by atoms with Gasteiger partial charge in [-0.25, -0.2) is 0 Å². The first-order valence-electron chi connectivity index (χ1n) is 5.26. The lowest BCUT2D eigenvalue weighted by Gasteiger charge is -2.25. The Morgan fingerprint density at radius 3 is 2.93 bits per heavy atom. The van der Waals surface area contributed by atoms with E-state index in [4.69, 9.17) is 9.84 Å². The molecular formula is C10H21NO3. The molecule has 0 aromatic heterocycles. The molecule has 84 valence electrons. The summed E-state index contributed by atoms with van der Waals surface area (Å²) >= 11 is 0. The van der Waals surface area contributed by atoms with Gasteiger partial charge >= 0.3 is 0 Å². The van der Waals surface area contributed by atoms with Gasteiger partial charge in [-0.05, 0) is 25.7 Å². The predicted molar refractivity (Wildman–Crippen MR) is 54.1 cm³/mol. The average Bonchev–Trinajstić information content (AvgIpc) is 2.19. The van der Waals surface area contributed by atoms with Crippen LogP contribution >= 0.6 is 0 Å². The number of hydrogen-bond acceptors (Lipinski definition) is 4. The Kier molecular flexibility index (Phi) is 4.81. The molecule has 1 aliphatic heterocycles. The molecule has 0 aliphatic carbocycles. The molecule has 4 nitrogen and oxygen atoms in total. The van der Waals surface area contributed by atoms with Crippen molar-refractivity contribution in [1.29, 1.82) is 0 Å². The highest BCUT2D eigenvalue weighted by atomic mass is 16.5. The summed E-state index contributed by atoms with van der Waals surface area (Å²) in [7, 11) is 0. The highest BCUT2D eigenvalue weighted by Crippen LogP contribution is 2.12. The SMILES string of the molecule is CC(O)(CO)CNCC1CCCOC1. The van der Waals surface area contributed by atoms with Crippen molar-refractivity contribution in [2.75, 3.05) is 32.9 Å². The summed E-state index contributed by atoms with van der Waals surface area (Å²) in [6, 6.07) is 0. The van der Waals surface area contributed by atoms with Crippen molar-refractivity contribution in [3.05, 3.63) is 0 Å². The van der Waals surface area contributed by atoms with Crippen molar-refractivity contribution in [3.63, 3.8) is 0 Å². The summed E-state index contributed by atoms with van der Waals surface area (Å²) in [5.41, 5.74) is -1.00. The summed E-state index contributed by atoms with van der Waals surface area (Å²) in [5.74, 6) is 0.554.